The van der Waals surface area contributed by atoms with E-state index in [1.54, 1.807) is 12.1 Å². The molecule has 5 nitrogen and oxygen atoms in total. The minimum absolute atomic E-state index is 0. The minimum Gasteiger partial charge on any atom is -0.744 e. The number of hydrogen-bond acceptors (Lipinski definition) is 5. The Bertz CT molecular complexity index is 700. The molecule has 7 heteroatoms. The Morgan fingerprint density at radius 1 is 1.26 bits per heavy atom. The van der Waals surface area contributed by atoms with Crippen LogP contribution in [0.4, 0.5) is 5.69 Å². The van der Waals surface area contributed by atoms with Crippen molar-refractivity contribution in [1.82, 2.24) is 0 Å². The van der Waals surface area contributed by atoms with Crippen LogP contribution in [0.25, 0.3) is 10.8 Å². The Morgan fingerprint density at radius 3 is 2.53 bits per heavy atom. The van der Waals surface area contributed by atoms with E-state index in [-0.39, 0.29) is 34.5 Å². The van der Waals surface area contributed by atoms with Gasteiger partial charge in [0, 0.05) is 5.39 Å². The molecule has 0 bridgehead atoms. The quantitative estimate of drug-likeness (QED) is 0.432. The van der Waals surface area contributed by atoms with E-state index in [0.29, 0.717) is 28.8 Å². The van der Waals surface area contributed by atoms with Crippen LogP contribution in [0.2, 0.25) is 0 Å². The molecule has 0 saturated heterocycles. The fraction of sp³-hybridized carbons (Fsp3) is 0.167. The van der Waals surface area contributed by atoms with Gasteiger partial charge in [-0.05, 0) is 30.5 Å². The first-order valence-electron chi connectivity index (χ1n) is 5.34. The van der Waals surface area contributed by atoms with E-state index in [1.165, 1.54) is 18.2 Å². The fourth-order valence-corrected chi connectivity index (χ4v) is 2.25. The van der Waals surface area contributed by atoms with Gasteiger partial charge in [0.15, 0.2) is 0 Å². The molecule has 0 aliphatic carbocycles. The monoisotopic (exact) mass is 289 g/mol. The van der Waals surface area contributed by atoms with Gasteiger partial charge in [-0.2, -0.15) is 0 Å². The molecule has 2 aromatic carbocycles. The van der Waals surface area contributed by atoms with Gasteiger partial charge in [-0.25, -0.2) is 8.42 Å². The SMILES string of the molecule is CCOc1ccc2cc(S(=O)(=O)[O-])ccc2c1N.[Na+]. The van der Waals surface area contributed by atoms with Crippen molar-refractivity contribution in [2.45, 2.75) is 11.8 Å². The summed E-state index contributed by atoms with van der Waals surface area (Å²) in [7, 11) is -4.45. The molecular formula is C12H12NNaO4S. The van der Waals surface area contributed by atoms with Crippen molar-refractivity contribution in [3.05, 3.63) is 30.3 Å². The molecule has 0 radical (unpaired) electrons. The summed E-state index contributed by atoms with van der Waals surface area (Å²) in [6.07, 6.45) is 0. The Morgan fingerprint density at radius 2 is 1.95 bits per heavy atom. The third kappa shape index (κ3) is 3.40. The van der Waals surface area contributed by atoms with E-state index < -0.39 is 10.1 Å². The number of nitrogen functional groups attached to an aromatic ring is 1. The average molecular weight is 289 g/mol. The molecule has 0 fully saturated rings. The fourth-order valence-electron chi connectivity index (χ4n) is 1.75. The van der Waals surface area contributed by atoms with Gasteiger partial charge in [-0.1, -0.05) is 12.1 Å². The minimum atomic E-state index is -4.45. The first-order chi connectivity index (χ1) is 8.43. The second-order valence-corrected chi connectivity index (χ2v) is 5.13. The summed E-state index contributed by atoms with van der Waals surface area (Å²) < 4.78 is 38.1. The molecule has 0 aromatic heterocycles. The van der Waals surface area contributed by atoms with Crippen molar-refractivity contribution < 1.29 is 47.3 Å². The van der Waals surface area contributed by atoms with Crippen molar-refractivity contribution in [3.8, 4) is 5.75 Å². The van der Waals surface area contributed by atoms with E-state index in [4.69, 9.17) is 10.5 Å². The standard InChI is InChI=1S/C12H13NO4S.Na/c1-2-17-11-6-3-8-7-9(18(14,15)16)4-5-10(8)12(11)13;/h3-7H,2,13H2,1H3,(H,14,15,16);/q;+1/p-1. The van der Waals surface area contributed by atoms with E-state index >= 15 is 0 Å². The summed E-state index contributed by atoms with van der Waals surface area (Å²) in [5, 5.41) is 1.25. The summed E-state index contributed by atoms with van der Waals surface area (Å²) >= 11 is 0. The van der Waals surface area contributed by atoms with Crippen molar-refractivity contribution in [1.29, 1.82) is 0 Å². The molecule has 0 spiro atoms. The molecule has 0 amide bonds. The number of ether oxygens (including phenoxy) is 1. The second kappa shape index (κ2) is 6.11. The summed E-state index contributed by atoms with van der Waals surface area (Å²) in [5.41, 5.74) is 6.35. The second-order valence-electron chi connectivity index (χ2n) is 3.75. The number of nitrogens with two attached hydrogens (primary N) is 1. The maximum Gasteiger partial charge on any atom is 1.00 e. The largest absolute Gasteiger partial charge is 1.00 e. The molecule has 0 aliphatic heterocycles. The maximum absolute atomic E-state index is 10.9. The molecule has 0 aliphatic rings. The zero-order valence-corrected chi connectivity index (χ0v) is 13.5. The molecule has 0 saturated carbocycles. The van der Waals surface area contributed by atoms with Crippen molar-refractivity contribution in [3.63, 3.8) is 0 Å². The molecular weight excluding hydrogens is 277 g/mol. The zero-order valence-electron chi connectivity index (χ0n) is 10.7. The first-order valence-corrected chi connectivity index (χ1v) is 6.75. The zero-order chi connectivity index (χ0) is 13.3. The molecule has 2 rings (SSSR count). The van der Waals surface area contributed by atoms with Gasteiger partial charge in [-0.3, -0.25) is 0 Å². The molecule has 0 atom stereocenters. The molecule has 2 aromatic rings. The van der Waals surface area contributed by atoms with Gasteiger partial charge < -0.3 is 15.0 Å². The normalized spacial score (nSPS) is 11.1. The van der Waals surface area contributed by atoms with E-state index in [1.807, 2.05) is 6.92 Å². The van der Waals surface area contributed by atoms with Gasteiger partial charge in [0.25, 0.3) is 0 Å². The van der Waals surface area contributed by atoms with Gasteiger partial charge in [-0.15, -0.1) is 0 Å². The van der Waals surface area contributed by atoms with Gasteiger partial charge in [0.05, 0.1) is 17.2 Å². The van der Waals surface area contributed by atoms with E-state index in [2.05, 4.69) is 0 Å². The van der Waals surface area contributed by atoms with Crippen LogP contribution in [0.15, 0.2) is 35.2 Å². The number of benzene rings is 2. The maximum atomic E-state index is 10.9. The van der Waals surface area contributed by atoms with Crippen LogP contribution < -0.4 is 40.0 Å². The number of anilines is 1. The van der Waals surface area contributed by atoms with Crippen molar-refractivity contribution >= 4 is 26.6 Å². The van der Waals surface area contributed by atoms with Gasteiger partial charge >= 0.3 is 29.6 Å². The van der Waals surface area contributed by atoms with Crippen LogP contribution in [0.1, 0.15) is 6.92 Å². The van der Waals surface area contributed by atoms with Crippen LogP contribution in [0.3, 0.4) is 0 Å². The molecule has 0 heterocycles. The van der Waals surface area contributed by atoms with Crippen LogP contribution in [0.5, 0.6) is 5.75 Å². The Labute approximate surface area is 133 Å². The smallest absolute Gasteiger partial charge is 0.744 e. The Kier molecular flexibility index (Phi) is 5.23. The topological polar surface area (TPSA) is 92.5 Å². The Balaban J connectivity index is 0.00000180. The average Bonchev–Trinajstić information content (AvgIpc) is 2.31. The van der Waals surface area contributed by atoms with Crippen LogP contribution in [-0.4, -0.2) is 19.6 Å². The molecule has 19 heavy (non-hydrogen) atoms. The van der Waals surface area contributed by atoms with Crippen LogP contribution in [-0.2, 0) is 10.1 Å². The molecule has 0 unspecified atom stereocenters. The predicted octanol–water partition coefficient (Wildman–Crippen LogP) is -1.27. The van der Waals surface area contributed by atoms with Crippen LogP contribution in [0, 0.1) is 0 Å². The third-order valence-electron chi connectivity index (χ3n) is 2.58. The Hall–Kier alpha value is -0.790. The van der Waals surface area contributed by atoms with Gasteiger partial charge in [0.2, 0.25) is 0 Å². The first kappa shape index (κ1) is 16.3. The van der Waals surface area contributed by atoms with Crippen LogP contribution >= 0.6 is 0 Å². The molecule has 96 valence electrons. The third-order valence-corrected chi connectivity index (χ3v) is 3.41. The van der Waals surface area contributed by atoms with E-state index in [0.717, 1.165) is 0 Å². The molecule has 2 N–H and O–H groups in total. The number of fused-ring (bicyclic) bond motifs is 1. The summed E-state index contributed by atoms with van der Waals surface area (Å²) in [4.78, 5) is -0.265. The summed E-state index contributed by atoms with van der Waals surface area (Å²) in [6, 6.07) is 7.40. The number of rotatable bonds is 3. The summed E-state index contributed by atoms with van der Waals surface area (Å²) in [5.74, 6) is 0.544. The van der Waals surface area contributed by atoms with E-state index in [9.17, 15) is 13.0 Å². The van der Waals surface area contributed by atoms with Crippen molar-refractivity contribution in [2.24, 2.45) is 0 Å². The predicted molar refractivity (Wildman–Crippen MR) is 67.5 cm³/mol. The summed E-state index contributed by atoms with van der Waals surface area (Å²) in [6.45, 7) is 2.33. The number of hydrogen-bond donors (Lipinski definition) is 1. The van der Waals surface area contributed by atoms with Gasteiger partial charge in [0.1, 0.15) is 15.9 Å². The van der Waals surface area contributed by atoms with Crippen molar-refractivity contribution in [2.75, 3.05) is 12.3 Å².